The molecule has 4 rings (SSSR count). The molecular formula is C22H19N3O3. The van der Waals surface area contributed by atoms with Crippen LogP contribution < -0.4 is 10.2 Å². The molecule has 1 atom stereocenters. The lowest BCUT2D eigenvalue weighted by Gasteiger charge is -2.28. The highest BCUT2D eigenvalue weighted by atomic mass is 16.6. The van der Waals surface area contributed by atoms with Gasteiger partial charge in [0, 0.05) is 24.1 Å². The lowest BCUT2D eigenvalue weighted by Crippen LogP contribution is -2.22. The molecule has 1 N–H and O–H groups in total. The quantitative estimate of drug-likeness (QED) is 0.501. The van der Waals surface area contributed by atoms with Gasteiger partial charge < -0.3 is 4.74 Å². The van der Waals surface area contributed by atoms with Gasteiger partial charge in [0.05, 0.1) is 16.3 Å². The molecule has 0 aromatic heterocycles. The first-order valence-corrected chi connectivity index (χ1v) is 9.00. The molecule has 0 saturated carbocycles. The molecule has 6 nitrogen and oxygen atoms in total. The van der Waals surface area contributed by atoms with E-state index in [1.165, 1.54) is 12.1 Å². The van der Waals surface area contributed by atoms with E-state index < -0.39 is 4.92 Å². The van der Waals surface area contributed by atoms with Crippen molar-refractivity contribution >= 4 is 17.1 Å². The topological polar surface area (TPSA) is 76.8 Å². The lowest BCUT2D eigenvalue weighted by atomic mass is 9.94. The van der Waals surface area contributed by atoms with Crippen LogP contribution in [0.3, 0.4) is 0 Å². The number of nitrogens with zero attached hydrogens (tertiary/aromatic N) is 2. The van der Waals surface area contributed by atoms with Gasteiger partial charge in [-0.05, 0) is 36.8 Å². The minimum Gasteiger partial charge on any atom is -0.485 e. The third kappa shape index (κ3) is 3.71. The first-order valence-electron chi connectivity index (χ1n) is 9.00. The summed E-state index contributed by atoms with van der Waals surface area (Å²) in [6.45, 7) is 2.03. The van der Waals surface area contributed by atoms with E-state index in [1.54, 1.807) is 12.1 Å². The Labute approximate surface area is 162 Å². The van der Waals surface area contributed by atoms with E-state index in [4.69, 9.17) is 4.74 Å². The van der Waals surface area contributed by atoms with Crippen molar-refractivity contribution in [3.05, 3.63) is 99.6 Å². The van der Waals surface area contributed by atoms with E-state index in [9.17, 15) is 10.1 Å². The molecule has 1 heterocycles. The largest absolute Gasteiger partial charge is 0.485 e. The van der Waals surface area contributed by atoms with Crippen molar-refractivity contribution in [1.29, 1.82) is 0 Å². The standard InChI is InChI=1S/C22H19N3O3/c1-15-7-12-21-19(13-15)20(14-22(28-21)16-5-3-2-4-6-16)24-23-17-8-10-18(11-9-17)25(26)27/h2-13,22-23H,14H2,1H3. The van der Waals surface area contributed by atoms with Crippen molar-refractivity contribution < 1.29 is 9.66 Å². The van der Waals surface area contributed by atoms with Gasteiger partial charge in [-0.3, -0.25) is 15.5 Å². The van der Waals surface area contributed by atoms with Crippen LogP contribution in [-0.2, 0) is 0 Å². The number of anilines is 1. The summed E-state index contributed by atoms with van der Waals surface area (Å²) in [5.74, 6) is 0.801. The van der Waals surface area contributed by atoms with Crippen LogP contribution in [0, 0.1) is 17.0 Å². The van der Waals surface area contributed by atoms with Crippen LogP contribution in [0.2, 0.25) is 0 Å². The van der Waals surface area contributed by atoms with Gasteiger partial charge in [0.1, 0.15) is 11.9 Å². The summed E-state index contributed by atoms with van der Waals surface area (Å²) in [6, 6.07) is 22.3. The number of hydrazone groups is 1. The van der Waals surface area contributed by atoms with Gasteiger partial charge in [-0.15, -0.1) is 0 Å². The predicted molar refractivity (Wildman–Crippen MR) is 109 cm³/mol. The van der Waals surface area contributed by atoms with Gasteiger partial charge in [0.2, 0.25) is 0 Å². The molecule has 3 aromatic rings. The monoisotopic (exact) mass is 373 g/mol. The zero-order chi connectivity index (χ0) is 19.5. The molecule has 0 spiro atoms. The van der Waals surface area contributed by atoms with Crippen molar-refractivity contribution in [2.75, 3.05) is 5.43 Å². The van der Waals surface area contributed by atoms with Crippen molar-refractivity contribution in [3.63, 3.8) is 0 Å². The number of aryl methyl sites for hydroxylation is 1. The predicted octanol–water partition coefficient (Wildman–Crippen LogP) is 5.24. The fourth-order valence-corrected chi connectivity index (χ4v) is 3.20. The van der Waals surface area contributed by atoms with E-state index in [-0.39, 0.29) is 11.8 Å². The lowest BCUT2D eigenvalue weighted by molar-refractivity contribution is -0.384. The first-order chi connectivity index (χ1) is 13.6. The summed E-state index contributed by atoms with van der Waals surface area (Å²) in [7, 11) is 0. The maximum absolute atomic E-state index is 10.8. The maximum Gasteiger partial charge on any atom is 0.269 e. The third-order valence-electron chi connectivity index (χ3n) is 4.66. The summed E-state index contributed by atoms with van der Waals surface area (Å²) in [5, 5.41) is 15.4. The Hall–Kier alpha value is -3.67. The Morgan fingerprint density at radius 2 is 1.82 bits per heavy atom. The van der Waals surface area contributed by atoms with Crippen LogP contribution in [0.25, 0.3) is 0 Å². The number of hydrogen-bond acceptors (Lipinski definition) is 5. The third-order valence-corrected chi connectivity index (χ3v) is 4.66. The molecule has 0 radical (unpaired) electrons. The second kappa shape index (κ2) is 7.52. The van der Waals surface area contributed by atoms with Crippen LogP contribution in [0.4, 0.5) is 11.4 Å². The number of benzene rings is 3. The Bertz CT molecular complexity index is 1030. The molecule has 0 aliphatic carbocycles. The average Bonchev–Trinajstić information content (AvgIpc) is 2.73. The van der Waals surface area contributed by atoms with Crippen molar-refractivity contribution in [2.24, 2.45) is 5.10 Å². The number of fused-ring (bicyclic) bond motifs is 1. The molecule has 6 heteroatoms. The van der Waals surface area contributed by atoms with E-state index in [2.05, 4.69) is 16.6 Å². The smallest absolute Gasteiger partial charge is 0.269 e. The molecular weight excluding hydrogens is 354 g/mol. The molecule has 28 heavy (non-hydrogen) atoms. The molecule has 0 saturated heterocycles. The van der Waals surface area contributed by atoms with Gasteiger partial charge in [0.15, 0.2) is 0 Å². The summed E-state index contributed by atoms with van der Waals surface area (Å²) < 4.78 is 6.21. The first kappa shape index (κ1) is 17.7. The molecule has 0 amide bonds. The van der Waals surface area contributed by atoms with Crippen LogP contribution in [0.15, 0.2) is 77.9 Å². The fraction of sp³-hybridized carbons (Fsp3) is 0.136. The SMILES string of the molecule is Cc1ccc2c(c1)C(=NNc1ccc([N+](=O)[O-])cc1)CC(c1ccccc1)O2. The van der Waals surface area contributed by atoms with E-state index in [0.717, 1.165) is 28.2 Å². The minimum atomic E-state index is -0.419. The molecule has 1 aliphatic rings. The highest BCUT2D eigenvalue weighted by molar-refractivity contribution is 6.04. The van der Waals surface area contributed by atoms with Gasteiger partial charge in [-0.25, -0.2) is 0 Å². The molecule has 140 valence electrons. The van der Waals surface area contributed by atoms with Gasteiger partial charge in [0.25, 0.3) is 5.69 Å². The van der Waals surface area contributed by atoms with Crippen molar-refractivity contribution in [1.82, 2.24) is 0 Å². The fourth-order valence-electron chi connectivity index (χ4n) is 3.20. The van der Waals surface area contributed by atoms with E-state index >= 15 is 0 Å². The summed E-state index contributed by atoms with van der Waals surface area (Å²) in [5.41, 5.74) is 7.83. The normalized spacial score (nSPS) is 16.9. The number of rotatable bonds is 4. The van der Waals surface area contributed by atoms with Gasteiger partial charge >= 0.3 is 0 Å². The van der Waals surface area contributed by atoms with Crippen LogP contribution >= 0.6 is 0 Å². The molecule has 0 bridgehead atoms. The molecule has 3 aromatic carbocycles. The highest BCUT2D eigenvalue weighted by Gasteiger charge is 2.26. The number of ether oxygens (including phenoxy) is 1. The van der Waals surface area contributed by atoms with E-state index in [0.29, 0.717) is 12.1 Å². The zero-order valence-electron chi connectivity index (χ0n) is 15.3. The second-order valence-corrected chi connectivity index (χ2v) is 6.70. The van der Waals surface area contributed by atoms with Gasteiger partial charge in [-0.1, -0.05) is 42.0 Å². The number of nitro groups is 1. The maximum atomic E-state index is 10.8. The van der Waals surface area contributed by atoms with Crippen LogP contribution in [0.5, 0.6) is 5.75 Å². The van der Waals surface area contributed by atoms with Gasteiger partial charge in [-0.2, -0.15) is 5.10 Å². The van der Waals surface area contributed by atoms with E-state index in [1.807, 2.05) is 49.4 Å². The number of non-ortho nitro benzene ring substituents is 1. The Balaban J connectivity index is 1.64. The summed E-state index contributed by atoms with van der Waals surface area (Å²) >= 11 is 0. The Morgan fingerprint density at radius 3 is 2.54 bits per heavy atom. The zero-order valence-corrected chi connectivity index (χ0v) is 15.3. The van der Waals surface area contributed by atoms with Crippen LogP contribution in [-0.4, -0.2) is 10.6 Å². The summed E-state index contributed by atoms with van der Waals surface area (Å²) in [6.07, 6.45) is 0.509. The Morgan fingerprint density at radius 1 is 1.07 bits per heavy atom. The Kier molecular flexibility index (Phi) is 4.76. The average molecular weight is 373 g/mol. The second-order valence-electron chi connectivity index (χ2n) is 6.70. The molecule has 1 aliphatic heterocycles. The summed E-state index contributed by atoms with van der Waals surface area (Å²) in [4.78, 5) is 10.4. The molecule has 0 fully saturated rings. The number of nitrogens with one attached hydrogen (secondary N) is 1. The van der Waals surface area contributed by atoms with Crippen molar-refractivity contribution in [2.45, 2.75) is 19.4 Å². The van der Waals surface area contributed by atoms with Crippen LogP contribution in [0.1, 0.15) is 29.2 Å². The van der Waals surface area contributed by atoms with Crippen molar-refractivity contribution in [3.8, 4) is 5.75 Å². The highest BCUT2D eigenvalue weighted by Crippen LogP contribution is 2.35. The number of nitro benzene ring substituents is 1. The number of hydrogen-bond donors (Lipinski definition) is 1. The molecule has 1 unspecified atom stereocenters. The minimum absolute atomic E-state index is 0.0504.